The van der Waals surface area contributed by atoms with Crippen molar-refractivity contribution in [3.05, 3.63) is 28.8 Å². The standard InChI is InChI=1S/C12H15ClN2O3/c1-3-7(2)14-12(18)15-10-5-8(11(16)17)4-9(13)6-10/h4-7H,3H2,1-2H3,(H,16,17)(H2,14,15,18). The summed E-state index contributed by atoms with van der Waals surface area (Å²) in [6.07, 6.45) is 0.809. The molecule has 1 unspecified atom stereocenters. The molecular formula is C12H15ClN2O3. The first-order valence-corrected chi connectivity index (χ1v) is 5.91. The summed E-state index contributed by atoms with van der Waals surface area (Å²) in [6, 6.07) is 3.82. The van der Waals surface area contributed by atoms with Gasteiger partial charge in [0, 0.05) is 16.8 Å². The Kier molecular flexibility index (Phi) is 4.97. The Hall–Kier alpha value is -1.75. The molecule has 0 saturated heterocycles. The Morgan fingerprint density at radius 2 is 2.06 bits per heavy atom. The Labute approximate surface area is 110 Å². The third-order valence-electron chi connectivity index (χ3n) is 2.39. The van der Waals surface area contributed by atoms with Crippen molar-refractivity contribution in [3.63, 3.8) is 0 Å². The minimum atomic E-state index is -1.09. The number of anilines is 1. The second kappa shape index (κ2) is 6.26. The first-order valence-electron chi connectivity index (χ1n) is 5.53. The molecule has 3 N–H and O–H groups in total. The fraction of sp³-hybridized carbons (Fsp3) is 0.333. The van der Waals surface area contributed by atoms with Crippen LogP contribution in [0.3, 0.4) is 0 Å². The Morgan fingerprint density at radius 1 is 1.39 bits per heavy atom. The van der Waals surface area contributed by atoms with Crippen LogP contribution >= 0.6 is 11.6 Å². The lowest BCUT2D eigenvalue weighted by molar-refractivity contribution is 0.0697. The van der Waals surface area contributed by atoms with E-state index in [4.69, 9.17) is 16.7 Å². The van der Waals surface area contributed by atoms with Crippen molar-refractivity contribution in [2.75, 3.05) is 5.32 Å². The largest absolute Gasteiger partial charge is 0.478 e. The lowest BCUT2D eigenvalue weighted by atomic mass is 10.2. The van der Waals surface area contributed by atoms with Crippen molar-refractivity contribution < 1.29 is 14.7 Å². The molecule has 5 nitrogen and oxygen atoms in total. The molecule has 0 fully saturated rings. The molecule has 98 valence electrons. The van der Waals surface area contributed by atoms with E-state index in [9.17, 15) is 9.59 Å². The van der Waals surface area contributed by atoms with Gasteiger partial charge in [-0.3, -0.25) is 0 Å². The number of halogens is 1. The number of urea groups is 1. The Morgan fingerprint density at radius 3 is 2.61 bits per heavy atom. The SMILES string of the molecule is CCC(C)NC(=O)Nc1cc(Cl)cc(C(=O)O)c1. The minimum absolute atomic E-state index is 0.0290. The fourth-order valence-electron chi connectivity index (χ4n) is 1.28. The summed E-state index contributed by atoms with van der Waals surface area (Å²) in [5.41, 5.74) is 0.377. The lowest BCUT2D eigenvalue weighted by Gasteiger charge is -2.13. The van der Waals surface area contributed by atoms with Crippen molar-refractivity contribution in [1.29, 1.82) is 0 Å². The predicted octanol–water partition coefficient (Wildman–Crippen LogP) is 2.96. The topological polar surface area (TPSA) is 78.4 Å². The normalized spacial score (nSPS) is 11.7. The van der Waals surface area contributed by atoms with Crippen LogP contribution in [0.4, 0.5) is 10.5 Å². The van der Waals surface area contributed by atoms with Gasteiger partial charge in [-0.15, -0.1) is 0 Å². The molecule has 1 aromatic rings. The van der Waals surface area contributed by atoms with E-state index in [0.717, 1.165) is 6.42 Å². The molecule has 1 atom stereocenters. The molecule has 0 bridgehead atoms. The van der Waals surface area contributed by atoms with Gasteiger partial charge < -0.3 is 15.7 Å². The molecule has 0 heterocycles. The summed E-state index contributed by atoms with van der Waals surface area (Å²) in [5.74, 6) is -1.09. The van der Waals surface area contributed by atoms with Crippen molar-refractivity contribution in [1.82, 2.24) is 5.32 Å². The molecule has 1 aromatic carbocycles. The summed E-state index contributed by atoms with van der Waals surface area (Å²) in [6.45, 7) is 3.83. The van der Waals surface area contributed by atoms with E-state index in [1.807, 2.05) is 13.8 Å². The zero-order chi connectivity index (χ0) is 13.7. The van der Waals surface area contributed by atoms with Gasteiger partial charge in [0.15, 0.2) is 0 Å². The first-order chi connectivity index (χ1) is 8.42. The third kappa shape index (κ3) is 4.25. The van der Waals surface area contributed by atoms with Crippen LogP contribution in [-0.4, -0.2) is 23.1 Å². The minimum Gasteiger partial charge on any atom is -0.478 e. The van der Waals surface area contributed by atoms with Crippen molar-refractivity contribution in [2.45, 2.75) is 26.3 Å². The average Bonchev–Trinajstić information content (AvgIpc) is 2.27. The van der Waals surface area contributed by atoms with Gasteiger partial charge in [0.25, 0.3) is 0 Å². The van der Waals surface area contributed by atoms with Gasteiger partial charge in [-0.1, -0.05) is 18.5 Å². The average molecular weight is 271 g/mol. The van der Waals surface area contributed by atoms with Crippen LogP contribution in [0.2, 0.25) is 5.02 Å². The number of carboxylic acid groups (broad SMARTS) is 1. The molecule has 0 radical (unpaired) electrons. The number of rotatable bonds is 4. The van der Waals surface area contributed by atoms with E-state index in [1.54, 1.807) is 0 Å². The van der Waals surface area contributed by atoms with Gasteiger partial charge in [0.05, 0.1) is 5.56 Å². The van der Waals surface area contributed by atoms with Gasteiger partial charge in [0.1, 0.15) is 0 Å². The maximum Gasteiger partial charge on any atom is 0.335 e. The number of benzene rings is 1. The highest BCUT2D eigenvalue weighted by atomic mass is 35.5. The molecule has 0 spiro atoms. The smallest absolute Gasteiger partial charge is 0.335 e. The van der Waals surface area contributed by atoms with Gasteiger partial charge in [0.2, 0.25) is 0 Å². The van der Waals surface area contributed by atoms with E-state index < -0.39 is 5.97 Å². The summed E-state index contributed by atoms with van der Waals surface area (Å²) in [5, 5.41) is 14.4. The molecule has 0 saturated carbocycles. The maximum absolute atomic E-state index is 11.6. The van der Waals surface area contributed by atoms with Gasteiger partial charge in [-0.25, -0.2) is 9.59 Å². The monoisotopic (exact) mass is 270 g/mol. The predicted molar refractivity (Wildman–Crippen MR) is 70.3 cm³/mol. The second-order valence-electron chi connectivity index (χ2n) is 3.94. The van der Waals surface area contributed by atoms with Crippen LogP contribution in [0.5, 0.6) is 0 Å². The van der Waals surface area contributed by atoms with Crippen LogP contribution in [0.1, 0.15) is 30.6 Å². The molecule has 18 heavy (non-hydrogen) atoms. The van der Waals surface area contributed by atoms with Crippen molar-refractivity contribution in [3.8, 4) is 0 Å². The highest BCUT2D eigenvalue weighted by Gasteiger charge is 2.09. The number of aromatic carboxylic acids is 1. The zero-order valence-corrected chi connectivity index (χ0v) is 10.9. The van der Waals surface area contributed by atoms with E-state index >= 15 is 0 Å². The number of nitrogens with one attached hydrogen (secondary N) is 2. The highest BCUT2D eigenvalue weighted by Crippen LogP contribution is 2.19. The van der Waals surface area contributed by atoms with E-state index in [-0.39, 0.29) is 22.7 Å². The zero-order valence-electron chi connectivity index (χ0n) is 10.2. The van der Waals surface area contributed by atoms with Crippen molar-refractivity contribution >= 4 is 29.3 Å². The third-order valence-corrected chi connectivity index (χ3v) is 2.61. The summed E-state index contributed by atoms with van der Waals surface area (Å²) in [7, 11) is 0. The second-order valence-corrected chi connectivity index (χ2v) is 4.38. The van der Waals surface area contributed by atoms with Crippen molar-refractivity contribution in [2.24, 2.45) is 0 Å². The molecule has 6 heteroatoms. The molecular weight excluding hydrogens is 256 g/mol. The van der Waals surface area contributed by atoms with E-state index in [2.05, 4.69) is 10.6 Å². The summed E-state index contributed by atoms with van der Waals surface area (Å²) in [4.78, 5) is 22.4. The Balaban J connectivity index is 2.78. The fourth-order valence-corrected chi connectivity index (χ4v) is 1.51. The maximum atomic E-state index is 11.6. The molecule has 1 rings (SSSR count). The van der Waals surface area contributed by atoms with Crippen LogP contribution in [-0.2, 0) is 0 Å². The molecule has 0 aromatic heterocycles. The lowest BCUT2D eigenvalue weighted by Crippen LogP contribution is -2.35. The van der Waals surface area contributed by atoms with Crippen LogP contribution in [0, 0.1) is 0 Å². The highest BCUT2D eigenvalue weighted by molar-refractivity contribution is 6.31. The molecule has 2 amide bonds. The number of carboxylic acids is 1. The van der Waals surface area contributed by atoms with Crippen LogP contribution < -0.4 is 10.6 Å². The van der Waals surface area contributed by atoms with E-state index in [1.165, 1.54) is 18.2 Å². The number of hydrogen-bond donors (Lipinski definition) is 3. The molecule has 0 aliphatic heterocycles. The summed E-state index contributed by atoms with van der Waals surface area (Å²) < 4.78 is 0. The number of hydrogen-bond acceptors (Lipinski definition) is 2. The quantitative estimate of drug-likeness (QED) is 0.787. The van der Waals surface area contributed by atoms with Crippen LogP contribution in [0.15, 0.2) is 18.2 Å². The number of amides is 2. The molecule has 0 aliphatic rings. The molecule has 0 aliphatic carbocycles. The van der Waals surface area contributed by atoms with Gasteiger partial charge >= 0.3 is 12.0 Å². The first kappa shape index (κ1) is 14.3. The number of carbonyl (C=O) groups excluding carboxylic acids is 1. The van der Waals surface area contributed by atoms with Crippen LogP contribution in [0.25, 0.3) is 0 Å². The Bertz CT molecular complexity index is 463. The summed E-state index contributed by atoms with van der Waals surface area (Å²) >= 11 is 5.78. The van der Waals surface area contributed by atoms with Gasteiger partial charge in [-0.2, -0.15) is 0 Å². The number of carbonyl (C=O) groups is 2. The van der Waals surface area contributed by atoms with E-state index in [0.29, 0.717) is 5.69 Å². The van der Waals surface area contributed by atoms with Gasteiger partial charge in [-0.05, 0) is 31.5 Å².